The number of carbonyl (C=O) groups is 1. The number of hydrogen-bond acceptors (Lipinski definition) is 3. The molecule has 1 amide bonds. The summed E-state index contributed by atoms with van der Waals surface area (Å²) in [5.74, 6) is -0.987. The second-order valence-electron chi connectivity index (χ2n) is 2.10. The summed E-state index contributed by atoms with van der Waals surface area (Å²) in [5, 5.41) is 2.12. The Morgan fingerprint density at radius 2 is 2.25 bits per heavy atom. The molecule has 0 heterocycles. The van der Waals surface area contributed by atoms with Gasteiger partial charge in [-0.05, 0) is 13.0 Å². The zero-order valence-corrected chi connectivity index (χ0v) is 8.15. The average molecular weight is 212 g/mol. The van der Waals surface area contributed by atoms with Crippen LogP contribution in [0.5, 0.6) is 0 Å². The first-order chi connectivity index (χ1) is 5.40. The highest BCUT2D eigenvalue weighted by molar-refractivity contribution is 7.93. The Bertz CT molecular complexity index is 271. The SMILES string of the molecule is C=CC(=O)NCS(=O)(=O)C(C)Cl. The molecule has 0 fully saturated rings. The first-order valence-electron chi connectivity index (χ1n) is 3.16. The van der Waals surface area contributed by atoms with Crippen LogP contribution < -0.4 is 5.32 Å². The van der Waals surface area contributed by atoms with Gasteiger partial charge in [-0.3, -0.25) is 4.79 Å². The summed E-state index contributed by atoms with van der Waals surface area (Å²) in [6, 6.07) is 0. The van der Waals surface area contributed by atoms with E-state index in [4.69, 9.17) is 11.6 Å². The molecule has 0 saturated carbocycles. The second kappa shape index (κ2) is 4.47. The molecule has 0 aliphatic rings. The van der Waals surface area contributed by atoms with Crippen molar-refractivity contribution in [1.82, 2.24) is 5.32 Å². The van der Waals surface area contributed by atoms with Crippen LogP contribution in [0.25, 0.3) is 0 Å². The molecule has 1 N–H and O–H groups in total. The fourth-order valence-electron chi connectivity index (χ4n) is 0.359. The molecular weight excluding hydrogens is 202 g/mol. The van der Waals surface area contributed by atoms with Gasteiger partial charge >= 0.3 is 0 Å². The molecule has 4 nitrogen and oxygen atoms in total. The Hall–Kier alpha value is -0.550. The Morgan fingerprint density at radius 3 is 2.58 bits per heavy atom. The predicted octanol–water partition coefficient (Wildman–Crippen LogP) is 0.246. The Labute approximate surface area is 76.5 Å². The first-order valence-corrected chi connectivity index (χ1v) is 5.31. The number of alkyl halides is 1. The maximum absolute atomic E-state index is 11.0. The van der Waals surface area contributed by atoms with E-state index in [1.165, 1.54) is 6.92 Å². The highest BCUT2D eigenvalue weighted by atomic mass is 35.5. The lowest BCUT2D eigenvalue weighted by Gasteiger charge is -2.05. The van der Waals surface area contributed by atoms with Crippen LogP contribution in [-0.4, -0.2) is 24.9 Å². The normalized spacial score (nSPS) is 13.5. The zero-order valence-electron chi connectivity index (χ0n) is 6.58. The number of hydrogen-bond donors (Lipinski definition) is 1. The highest BCUT2D eigenvalue weighted by Gasteiger charge is 2.17. The van der Waals surface area contributed by atoms with Crippen LogP contribution in [0.2, 0.25) is 0 Å². The molecule has 1 atom stereocenters. The fourth-order valence-corrected chi connectivity index (χ4v) is 1.12. The smallest absolute Gasteiger partial charge is 0.244 e. The van der Waals surface area contributed by atoms with Crippen molar-refractivity contribution >= 4 is 27.3 Å². The molecule has 0 aliphatic heterocycles. The van der Waals surface area contributed by atoms with Crippen LogP contribution in [0.15, 0.2) is 12.7 Å². The fraction of sp³-hybridized carbons (Fsp3) is 0.500. The summed E-state index contributed by atoms with van der Waals surface area (Å²) in [7, 11) is -3.42. The van der Waals surface area contributed by atoms with Gasteiger partial charge in [0.1, 0.15) is 10.6 Å². The van der Waals surface area contributed by atoms with Gasteiger partial charge in [-0.25, -0.2) is 8.42 Å². The maximum atomic E-state index is 11.0. The van der Waals surface area contributed by atoms with Gasteiger partial charge in [0.05, 0.1) is 0 Å². The third kappa shape index (κ3) is 3.73. The summed E-state index contributed by atoms with van der Waals surface area (Å²) >= 11 is 5.33. The van der Waals surface area contributed by atoms with Gasteiger partial charge in [-0.15, -0.1) is 11.6 Å². The minimum Gasteiger partial charge on any atom is -0.338 e. The molecule has 0 radical (unpaired) electrons. The van der Waals surface area contributed by atoms with E-state index in [1.54, 1.807) is 0 Å². The molecule has 0 aromatic rings. The Balaban J connectivity index is 4.11. The molecule has 6 heteroatoms. The largest absolute Gasteiger partial charge is 0.338 e. The number of halogens is 1. The average Bonchev–Trinajstić information content (AvgIpc) is 2.00. The second-order valence-corrected chi connectivity index (χ2v) is 5.33. The van der Waals surface area contributed by atoms with Crippen molar-refractivity contribution in [2.24, 2.45) is 0 Å². The van der Waals surface area contributed by atoms with Crippen molar-refractivity contribution in [3.05, 3.63) is 12.7 Å². The van der Waals surface area contributed by atoms with E-state index in [0.717, 1.165) is 6.08 Å². The molecule has 12 heavy (non-hydrogen) atoms. The molecule has 1 unspecified atom stereocenters. The van der Waals surface area contributed by atoms with Gasteiger partial charge in [0.25, 0.3) is 0 Å². The van der Waals surface area contributed by atoms with E-state index >= 15 is 0 Å². The standard InChI is InChI=1S/C6H10ClNO3S/c1-3-6(9)8-4-12(10,11)5(2)7/h3,5H,1,4H2,2H3,(H,8,9). The van der Waals surface area contributed by atoms with Crippen LogP contribution in [0, 0.1) is 0 Å². The molecule has 70 valence electrons. The van der Waals surface area contributed by atoms with Crippen LogP contribution in [-0.2, 0) is 14.6 Å². The molecule has 0 bridgehead atoms. The van der Waals surface area contributed by atoms with E-state index in [-0.39, 0.29) is 0 Å². The quantitative estimate of drug-likeness (QED) is 0.536. The number of carbonyl (C=O) groups excluding carboxylic acids is 1. The van der Waals surface area contributed by atoms with Crippen LogP contribution >= 0.6 is 11.6 Å². The van der Waals surface area contributed by atoms with Crippen molar-refractivity contribution in [2.75, 3.05) is 5.88 Å². The summed E-state index contributed by atoms with van der Waals surface area (Å²) in [5.41, 5.74) is 0. The first kappa shape index (κ1) is 11.4. The van der Waals surface area contributed by atoms with Crippen LogP contribution in [0.3, 0.4) is 0 Å². The molecule has 0 aliphatic carbocycles. The summed E-state index contributed by atoms with van der Waals surface area (Å²) < 4.78 is 20.9. The number of nitrogens with one attached hydrogen (secondary N) is 1. The van der Waals surface area contributed by atoms with Crippen molar-refractivity contribution in [3.63, 3.8) is 0 Å². The lowest BCUT2D eigenvalue weighted by Crippen LogP contribution is -2.31. The van der Waals surface area contributed by atoms with Crippen LogP contribution in [0.4, 0.5) is 0 Å². The maximum Gasteiger partial charge on any atom is 0.244 e. The molecule has 0 saturated heterocycles. The number of amides is 1. The minimum atomic E-state index is -3.42. The third-order valence-electron chi connectivity index (χ3n) is 1.13. The lowest BCUT2D eigenvalue weighted by atomic mass is 10.6. The Kier molecular flexibility index (Phi) is 4.26. The van der Waals surface area contributed by atoms with Crippen molar-refractivity contribution in [1.29, 1.82) is 0 Å². The molecule has 0 aromatic heterocycles. The molecule has 0 spiro atoms. The number of rotatable bonds is 4. The summed E-state index contributed by atoms with van der Waals surface area (Å²) in [6.45, 7) is 4.50. The van der Waals surface area contributed by atoms with Crippen molar-refractivity contribution in [2.45, 2.75) is 11.6 Å². The topological polar surface area (TPSA) is 63.2 Å². The molecule has 0 aromatic carbocycles. The number of sulfone groups is 1. The van der Waals surface area contributed by atoms with Gasteiger partial charge in [-0.1, -0.05) is 6.58 Å². The van der Waals surface area contributed by atoms with Crippen molar-refractivity contribution < 1.29 is 13.2 Å². The predicted molar refractivity (Wildman–Crippen MR) is 47.4 cm³/mol. The highest BCUT2D eigenvalue weighted by Crippen LogP contribution is 2.04. The summed E-state index contributed by atoms with van der Waals surface area (Å²) in [6.07, 6.45) is 0.994. The minimum absolute atomic E-state index is 0.456. The van der Waals surface area contributed by atoms with E-state index in [2.05, 4.69) is 11.9 Å². The zero-order chi connectivity index (χ0) is 9.78. The lowest BCUT2D eigenvalue weighted by molar-refractivity contribution is -0.116. The summed E-state index contributed by atoms with van der Waals surface area (Å²) in [4.78, 5) is 10.5. The molecule has 0 rings (SSSR count). The monoisotopic (exact) mass is 211 g/mol. The van der Waals surface area contributed by atoms with E-state index in [0.29, 0.717) is 0 Å². The van der Waals surface area contributed by atoms with Gasteiger partial charge in [0.2, 0.25) is 5.91 Å². The van der Waals surface area contributed by atoms with E-state index in [1.807, 2.05) is 0 Å². The third-order valence-corrected chi connectivity index (χ3v) is 3.48. The van der Waals surface area contributed by atoms with Gasteiger partial charge in [0.15, 0.2) is 9.84 Å². The van der Waals surface area contributed by atoms with Gasteiger partial charge in [0, 0.05) is 0 Å². The molecular formula is C6H10ClNO3S. The van der Waals surface area contributed by atoms with Gasteiger partial charge in [-0.2, -0.15) is 0 Å². The van der Waals surface area contributed by atoms with E-state index < -0.39 is 26.3 Å². The van der Waals surface area contributed by atoms with E-state index in [9.17, 15) is 13.2 Å². The van der Waals surface area contributed by atoms with Gasteiger partial charge < -0.3 is 5.32 Å². The van der Waals surface area contributed by atoms with Crippen LogP contribution in [0.1, 0.15) is 6.92 Å². The van der Waals surface area contributed by atoms with Crippen molar-refractivity contribution in [3.8, 4) is 0 Å². The Morgan fingerprint density at radius 1 is 1.75 bits per heavy atom.